The van der Waals surface area contributed by atoms with Crippen molar-refractivity contribution in [3.63, 3.8) is 0 Å². The molecule has 0 bridgehead atoms. The van der Waals surface area contributed by atoms with Gasteiger partial charge in [0.2, 0.25) is 0 Å². The van der Waals surface area contributed by atoms with Crippen molar-refractivity contribution in [3.8, 4) is 0 Å². The first-order valence-electron chi connectivity index (χ1n) is 2.76. The second-order valence-corrected chi connectivity index (χ2v) is 2.63. The van der Waals surface area contributed by atoms with E-state index in [0.717, 1.165) is 16.5 Å². The average molecular weight is 163 g/mol. The number of carbonyl (C=O) groups excluding carboxylic acids is 1. The SMILES string of the molecule is CC(=O)C1=[C]([Fe])CC=C1. The summed E-state index contributed by atoms with van der Waals surface area (Å²) < 4.78 is 0.947. The summed E-state index contributed by atoms with van der Waals surface area (Å²) in [5, 5.41) is 0. The predicted octanol–water partition coefficient (Wildman–Crippen LogP) is 1.34. The molecule has 1 nitrogen and oxygen atoms in total. The van der Waals surface area contributed by atoms with Crippen LogP contribution < -0.4 is 0 Å². The summed E-state index contributed by atoms with van der Waals surface area (Å²) in [6, 6.07) is 0. The van der Waals surface area contributed by atoms with Crippen LogP contribution in [0.25, 0.3) is 0 Å². The molecule has 0 N–H and O–H groups in total. The normalized spacial score (nSPS) is 17.1. The summed E-state index contributed by atoms with van der Waals surface area (Å²) >= 11 is 3.74. The zero-order chi connectivity index (χ0) is 6.85. The number of hydrogen-bond acceptors (Lipinski definition) is 1. The summed E-state index contributed by atoms with van der Waals surface area (Å²) in [5.41, 5.74) is 0.787. The Morgan fingerprint density at radius 3 is 2.67 bits per heavy atom. The maximum atomic E-state index is 10.7. The molecule has 0 atom stereocenters. The third-order valence-corrected chi connectivity index (χ3v) is 1.76. The van der Waals surface area contributed by atoms with Gasteiger partial charge in [-0.25, -0.2) is 0 Å². The van der Waals surface area contributed by atoms with Crippen molar-refractivity contribution < 1.29 is 20.8 Å². The molecule has 2 heteroatoms. The number of ketones is 1. The van der Waals surface area contributed by atoms with Crippen LogP contribution in [0.4, 0.5) is 0 Å². The quantitative estimate of drug-likeness (QED) is 0.533. The van der Waals surface area contributed by atoms with E-state index in [-0.39, 0.29) is 5.78 Å². The first-order chi connectivity index (χ1) is 4.22. The van der Waals surface area contributed by atoms with E-state index in [1.807, 2.05) is 12.2 Å². The van der Waals surface area contributed by atoms with Crippen LogP contribution in [0.2, 0.25) is 0 Å². The third kappa shape index (κ3) is 1.32. The Kier molecular flexibility index (Phi) is 1.89. The van der Waals surface area contributed by atoms with Crippen LogP contribution in [-0.4, -0.2) is 5.78 Å². The maximum absolute atomic E-state index is 10.7. The molecule has 0 radical (unpaired) electrons. The molecule has 0 saturated heterocycles. The van der Waals surface area contributed by atoms with Gasteiger partial charge in [-0.1, -0.05) is 0 Å². The molecule has 0 amide bonds. The Bertz CT molecular complexity index is 201. The van der Waals surface area contributed by atoms with Crippen LogP contribution in [0.1, 0.15) is 13.3 Å². The van der Waals surface area contributed by atoms with Crippen molar-refractivity contribution in [1.29, 1.82) is 0 Å². The standard InChI is InChI=1S/C7H7O.Fe/c1-6(8)7-4-2-3-5-7;/h2,4H,3H2,1H3;. The first-order valence-corrected chi connectivity index (χ1v) is 3.32. The van der Waals surface area contributed by atoms with Gasteiger partial charge in [0.1, 0.15) is 0 Å². The molecule has 0 aromatic carbocycles. The van der Waals surface area contributed by atoms with E-state index < -0.39 is 0 Å². The molecule has 0 unspecified atom stereocenters. The molecule has 1 aliphatic rings. The molecule has 0 heterocycles. The van der Waals surface area contributed by atoms with Gasteiger partial charge in [-0.15, -0.1) is 0 Å². The Morgan fingerprint density at radius 2 is 2.44 bits per heavy atom. The van der Waals surface area contributed by atoms with Gasteiger partial charge >= 0.3 is 62.1 Å². The van der Waals surface area contributed by atoms with Gasteiger partial charge < -0.3 is 0 Å². The average Bonchev–Trinajstić information content (AvgIpc) is 2.13. The number of allylic oxidation sites excluding steroid dienone is 4. The summed E-state index contributed by atoms with van der Waals surface area (Å²) in [7, 11) is 0. The van der Waals surface area contributed by atoms with E-state index >= 15 is 0 Å². The fourth-order valence-electron chi connectivity index (χ4n) is 0.780. The van der Waals surface area contributed by atoms with Gasteiger partial charge in [0.25, 0.3) is 0 Å². The van der Waals surface area contributed by atoms with E-state index in [1.165, 1.54) is 0 Å². The minimum absolute atomic E-state index is 0.119. The molecular formula is C7H7FeO. The molecule has 0 spiro atoms. The van der Waals surface area contributed by atoms with Crippen molar-refractivity contribution in [2.24, 2.45) is 0 Å². The van der Waals surface area contributed by atoms with Crippen molar-refractivity contribution >= 4 is 5.78 Å². The van der Waals surface area contributed by atoms with Crippen LogP contribution in [0.15, 0.2) is 22.2 Å². The fourth-order valence-corrected chi connectivity index (χ4v) is 1.20. The fraction of sp³-hybridized carbons (Fsp3) is 0.286. The topological polar surface area (TPSA) is 17.1 Å². The van der Waals surface area contributed by atoms with Gasteiger partial charge in [0.05, 0.1) is 0 Å². The Hall–Kier alpha value is -0.331. The Labute approximate surface area is 62.6 Å². The van der Waals surface area contributed by atoms with Crippen LogP contribution in [0.3, 0.4) is 0 Å². The zero-order valence-corrected chi connectivity index (χ0v) is 6.23. The van der Waals surface area contributed by atoms with E-state index in [1.54, 1.807) is 6.92 Å². The molecule has 0 fully saturated rings. The Balaban J connectivity index is 2.89. The third-order valence-electron chi connectivity index (χ3n) is 1.24. The van der Waals surface area contributed by atoms with Gasteiger partial charge in [0.15, 0.2) is 0 Å². The second kappa shape index (κ2) is 2.51. The van der Waals surface area contributed by atoms with Crippen molar-refractivity contribution in [2.75, 3.05) is 0 Å². The number of carbonyl (C=O) groups is 1. The van der Waals surface area contributed by atoms with Crippen LogP contribution in [-0.2, 0) is 20.8 Å². The molecule has 49 valence electrons. The molecular weight excluding hydrogens is 156 g/mol. The van der Waals surface area contributed by atoms with Gasteiger partial charge in [0, 0.05) is 0 Å². The van der Waals surface area contributed by atoms with Crippen LogP contribution in [0.5, 0.6) is 0 Å². The number of Topliss-reactive ketones (excluding diaryl/α,β-unsaturated/α-hetero) is 1. The van der Waals surface area contributed by atoms with E-state index in [0.29, 0.717) is 0 Å². The van der Waals surface area contributed by atoms with Crippen LogP contribution >= 0.6 is 0 Å². The molecule has 1 aliphatic carbocycles. The monoisotopic (exact) mass is 163 g/mol. The molecule has 9 heavy (non-hydrogen) atoms. The Morgan fingerprint density at radius 1 is 1.78 bits per heavy atom. The number of rotatable bonds is 1. The van der Waals surface area contributed by atoms with Crippen molar-refractivity contribution in [2.45, 2.75) is 13.3 Å². The predicted molar refractivity (Wildman–Crippen MR) is 31.5 cm³/mol. The van der Waals surface area contributed by atoms with Crippen molar-refractivity contribution in [3.05, 3.63) is 22.2 Å². The molecule has 0 saturated carbocycles. The summed E-state index contributed by atoms with van der Waals surface area (Å²) in [6.45, 7) is 1.57. The van der Waals surface area contributed by atoms with Crippen molar-refractivity contribution in [1.82, 2.24) is 0 Å². The van der Waals surface area contributed by atoms with E-state index in [4.69, 9.17) is 0 Å². The molecule has 0 aromatic heterocycles. The summed E-state index contributed by atoms with van der Waals surface area (Å²) in [4.78, 5) is 10.7. The van der Waals surface area contributed by atoms with Gasteiger partial charge in [-0.3, -0.25) is 0 Å². The van der Waals surface area contributed by atoms with E-state index in [9.17, 15) is 4.79 Å². The molecule has 1 rings (SSSR count). The first kappa shape index (κ1) is 6.78. The molecule has 0 aromatic rings. The summed E-state index contributed by atoms with van der Waals surface area (Å²) in [6.07, 6.45) is 4.64. The zero-order valence-electron chi connectivity index (χ0n) is 5.12. The van der Waals surface area contributed by atoms with Crippen LogP contribution in [0, 0.1) is 0 Å². The summed E-state index contributed by atoms with van der Waals surface area (Å²) in [5.74, 6) is 0.119. The van der Waals surface area contributed by atoms with E-state index in [2.05, 4.69) is 16.0 Å². The minimum atomic E-state index is 0.119. The molecule has 0 aliphatic heterocycles. The van der Waals surface area contributed by atoms with Gasteiger partial charge in [-0.05, 0) is 0 Å². The number of hydrogen-bond donors (Lipinski definition) is 0. The second-order valence-electron chi connectivity index (χ2n) is 1.97. The van der Waals surface area contributed by atoms with Gasteiger partial charge in [-0.2, -0.15) is 0 Å².